The molecule has 0 saturated carbocycles. The van der Waals surface area contributed by atoms with Gasteiger partial charge in [-0.2, -0.15) is 11.8 Å². The highest BCUT2D eigenvalue weighted by Gasteiger charge is 2.38. The zero-order valence-corrected chi connectivity index (χ0v) is 16.5. The molecule has 0 radical (unpaired) electrons. The first-order valence-corrected chi connectivity index (χ1v) is 10.0. The van der Waals surface area contributed by atoms with Crippen LogP contribution in [0.15, 0.2) is 42.5 Å². The van der Waals surface area contributed by atoms with Crippen LogP contribution in [-0.2, 0) is 15.3 Å². The molecule has 1 aliphatic rings. The zero-order valence-electron chi connectivity index (χ0n) is 14.9. The summed E-state index contributed by atoms with van der Waals surface area (Å²) >= 11 is 1.85. The lowest BCUT2D eigenvalue weighted by atomic mass is 9.79. The van der Waals surface area contributed by atoms with E-state index in [0.717, 1.165) is 24.3 Å². The van der Waals surface area contributed by atoms with Gasteiger partial charge in [-0.3, -0.25) is 4.79 Å². The van der Waals surface area contributed by atoms with Crippen LogP contribution in [0.1, 0.15) is 18.4 Å². The van der Waals surface area contributed by atoms with Crippen molar-refractivity contribution in [3.63, 3.8) is 0 Å². The molecule has 1 saturated heterocycles. The maximum atomic E-state index is 12.5. The van der Waals surface area contributed by atoms with E-state index < -0.39 is 5.41 Å². The van der Waals surface area contributed by atoms with E-state index in [1.165, 1.54) is 16.3 Å². The highest BCUT2D eigenvalue weighted by Crippen LogP contribution is 2.29. The molecular weight excluding hydrogens is 368 g/mol. The van der Waals surface area contributed by atoms with Gasteiger partial charge in [-0.1, -0.05) is 42.5 Å². The third kappa shape index (κ3) is 4.92. The van der Waals surface area contributed by atoms with Gasteiger partial charge >= 0.3 is 0 Å². The number of nitrogens with one attached hydrogen (secondary N) is 1. The van der Waals surface area contributed by atoms with Crippen molar-refractivity contribution in [2.45, 2.75) is 18.6 Å². The summed E-state index contributed by atoms with van der Waals surface area (Å²) in [4.78, 5) is 12.5. The molecule has 1 heterocycles. The molecule has 2 aromatic carbocycles. The van der Waals surface area contributed by atoms with Crippen molar-refractivity contribution in [3.8, 4) is 0 Å². The minimum atomic E-state index is -0.432. The molecule has 0 bridgehead atoms. The molecule has 3 N–H and O–H groups in total. The lowest BCUT2D eigenvalue weighted by molar-refractivity contribution is -0.135. The number of carbonyl (C=O) groups excluding carboxylic acids is 1. The van der Waals surface area contributed by atoms with Crippen molar-refractivity contribution in [2.75, 3.05) is 32.1 Å². The topological polar surface area (TPSA) is 64.4 Å². The Labute approximate surface area is 165 Å². The molecule has 0 atom stereocenters. The molecule has 4 nitrogen and oxygen atoms in total. The summed E-state index contributed by atoms with van der Waals surface area (Å²) in [5, 5.41) is 5.66. The summed E-state index contributed by atoms with van der Waals surface area (Å²) in [7, 11) is 0. The Hall–Kier alpha value is -1.27. The third-order valence-corrected chi connectivity index (χ3v) is 6.00. The van der Waals surface area contributed by atoms with Gasteiger partial charge in [0.25, 0.3) is 0 Å². The number of halogens is 1. The molecule has 1 aliphatic heterocycles. The van der Waals surface area contributed by atoms with Crippen molar-refractivity contribution in [2.24, 2.45) is 11.1 Å². The summed E-state index contributed by atoms with van der Waals surface area (Å²) < 4.78 is 5.36. The maximum absolute atomic E-state index is 12.5. The summed E-state index contributed by atoms with van der Waals surface area (Å²) in [6.07, 6.45) is 1.44. The first-order chi connectivity index (χ1) is 12.2. The number of rotatable bonds is 7. The Bertz CT molecular complexity index is 715. The van der Waals surface area contributed by atoms with Crippen molar-refractivity contribution in [3.05, 3.63) is 48.0 Å². The number of fused-ring (bicyclic) bond motifs is 1. The monoisotopic (exact) mass is 394 g/mol. The molecular formula is C20H27ClN2O2S. The standard InChI is InChI=1S/C20H26N2O2S.ClH/c21-15-20(8-11-24-12-9-20)19(23)22-10-13-25-14-17-6-3-5-16-4-1-2-7-18(16)17;/h1-7H,8-15,21H2,(H,22,23);1H. The largest absolute Gasteiger partial charge is 0.381 e. The van der Waals surface area contributed by atoms with Gasteiger partial charge in [0.15, 0.2) is 0 Å². The highest BCUT2D eigenvalue weighted by atomic mass is 35.5. The van der Waals surface area contributed by atoms with Gasteiger partial charge in [-0.25, -0.2) is 0 Å². The molecule has 26 heavy (non-hydrogen) atoms. The van der Waals surface area contributed by atoms with Crippen molar-refractivity contribution < 1.29 is 9.53 Å². The van der Waals surface area contributed by atoms with Gasteiger partial charge in [-0.15, -0.1) is 12.4 Å². The normalized spacial score (nSPS) is 16.0. The second-order valence-corrected chi connectivity index (χ2v) is 7.65. The maximum Gasteiger partial charge on any atom is 0.227 e. The van der Waals surface area contributed by atoms with Gasteiger partial charge in [-0.05, 0) is 29.2 Å². The number of hydrogen-bond donors (Lipinski definition) is 2. The summed E-state index contributed by atoms with van der Waals surface area (Å²) in [5.41, 5.74) is 6.79. The number of ether oxygens (including phenoxy) is 1. The second-order valence-electron chi connectivity index (χ2n) is 6.54. The predicted octanol–water partition coefficient (Wildman–Crippen LogP) is 3.37. The Balaban J connectivity index is 0.00000243. The van der Waals surface area contributed by atoms with Crippen molar-refractivity contribution in [1.29, 1.82) is 0 Å². The fraction of sp³-hybridized carbons (Fsp3) is 0.450. The van der Waals surface area contributed by atoms with Crippen LogP contribution in [0.3, 0.4) is 0 Å². The number of thioether (sulfide) groups is 1. The quantitative estimate of drug-likeness (QED) is 0.706. The molecule has 6 heteroatoms. The summed E-state index contributed by atoms with van der Waals surface area (Å²) in [6.45, 7) is 2.32. The van der Waals surface area contributed by atoms with Gasteiger partial charge in [0.05, 0.1) is 5.41 Å². The summed E-state index contributed by atoms with van der Waals surface area (Å²) in [5.74, 6) is 1.93. The number of hydrogen-bond acceptors (Lipinski definition) is 4. The van der Waals surface area contributed by atoms with Gasteiger partial charge in [0, 0.05) is 37.8 Å². The fourth-order valence-corrected chi connectivity index (χ4v) is 4.17. The van der Waals surface area contributed by atoms with E-state index in [1.807, 2.05) is 11.8 Å². The van der Waals surface area contributed by atoms with Crippen LogP contribution in [0.25, 0.3) is 10.8 Å². The van der Waals surface area contributed by atoms with Gasteiger partial charge in [0.1, 0.15) is 0 Å². The Morgan fingerprint density at radius 1 is 1.15 bits per heavy atom. The van der Waals surface area contributed by atoms with E-state index in [-0.39, 0.29) is 18.3 Å². The molecule has 0 unspecified atom stereocenters. The van der Waals surface area contributed by atoms with E-state index in [1.54, 1.807) is 0 Å². The molecule has 1 fully saturated rings. The lowest BCUT2D eigenvalue weighted by Crippen LogP contribution is -2.49. The van der Waals surface area contributed by atoms with Crippen LogP contribution in [0.4, 0.5) is 0 Å². The Kier molecular flexibility index (Phi) is 8.22. The van der Waals surface area contributed by atoms with Crippen LogP contribution in [0.5, 0.6) is 0 Å². The number of amides is 1. The average molecular weight is 395 g/mol. The van der Waals surface area contributed by atoms with Crippen LogP contribution in [-0.4, -0.2) is 38.0 Å². The van der Waals surface area contributed by atoms with E-state index in [2.05, 4.69) is 47.8 Å². The number of benzene rings is 2. The Morgan fingerprint density at radius 3 is 2.65 bits per heavy atom. The third-order valence-electron chi connectivity index (χ3n) is 4.99. The fourth-order valence-electron chi connectivity index (χ4n) is 3.31. The van der Waals surface area contributed by atoms with Gasteiger partial charge in [0.2, 0.25) is 5.91 Å². The van der Waals surface area contributed by atoms with Crippen molar-refractivity contribution >= 4 is 40.8 Å². The average Bonchev–Trinajstić information content (AvgIpc) is 2.68. The second kappa shape index (κ2) is 10.2. The molecule has 2 aromatic rings. The Morgan fingerprint density at radius 2 is 1.88 bits per heavy atom. The van der Waals surface area contributed by atoms with E-state index in [9.17, 15) is 4.79 Å². The molecule has 0 spiro atoms. The van der Waals surface area contributed by atoms with E-state index >= 15 is 0 Å². The van der Waals surface area contributed by atoms with Gasteiger partial charge < -0.3 is 15.8 Å². The van der Waals surface area contributed by atoms with Crippen LogP contribution in [0.2, 0.25) is 0 Å². The van der Waals surface area contributed by atoms with Crippen LogP contribution < -0.4 is 11.1 Å². The first-order valence-electron chi connectivity index (χ1n) is 8.86. The van der Waals surface area contributed by atoms with Crippen LogP contribution >= 0.6 is 24.2 Å². The molecule has 0 aromatic heterocycles. The van der Waals surface area contributed by atoms with Crippen LogP contribution in [0, 0.1) is 5.41 Å². The molecule has 1 amide bonds. The molecule has 0 aliphatic carbocycles. The minimum Gasteiger partial charge on any atom is -0.381 e. The zero-order chi connectivity index (χ0) is 17.5. The SMILES string of the molecule is Cl.NCC1(C(=O)NCCSCc2cccc3ccccc23)CCOCC1. The first kappa shape index (κ1) is 21.0. The van der Waals surface area contributed by atoms with E-state index in [4.69, 9.17) is 10.5 Å². The van der Waals surface area contributed by atoms with Crippen molar-refractivity contribution in [1.82, 2.24) is 5.32 Å². The highest BCUT2D eigenvalue weighted by molar-refractivity contribution is 7.98. The summed E-state index contributed by atoms with van der Waals surface area (Å²) in [6, 6.07) is 14.9. The molecule has 142 valence electrons. The predicted molar refractivity (Wildman–Crippen MR) is 112 cm³/mol. The van der Waals surface area contributed by atoms with E-state index in [0.29, 0.717) is 26.3 Å². The number of nitrogens with two attached hydrogens (primary N) is 1. The lowest BCUT2D eigenvalue weighted by Gasteiger charge is -2.34. The minimum absolute atomic E-state index is 0. The number of carbonyl (C=O) groups is 1. The smallest absolute Gasteiger partial charge is 0.227 e. The molecule has 3 rings (SSSR count).